The number of ether oxygens (including phenoxy) is 2. The standard InChI is InChI=1S/C16H23ClN2O4S.ClH/c1-2-18-11-12-3-5-19(6-4-12)24(20,21)16-10-15-14(9-13(16)17)22-7-8-23-15;/h9-10,12,18H,2-8,11H2,1H3;1H. The van der Waals surface area contributed by atoms with Gasteiger partial charge in [0.2, 0.25) is 10.0 Å². The number of fused-ring (bicyclic) bond motifs is 1. The van der Waals surface area contributed by atoms with E-state index in [1.54, 1.807) is 0 Å². The number of nitrogens with zero attached hydrogens (tertiary/aromatic N) is 1. The Balaban J connectivity index is 0.00000225. The molecule has 0 amide bonds. The van der Waals surface area contributed by atoms with Gasteiger partial charge in [0, 0.05) is 25.2 Å². The summed E-state index contributed by atoms with van der Waals surface area (Å²) in [5, 5.41) is 3.50. The Morgan fingerprint density at radius 2 is 1.80 bits per heavy atom. The molecule has 2 heterocycles. The van der Waals surface area contributed by atoms with Crippen LogP contribution in [0.2, 0.25) is 5.02 Å². The topological polar surface area (TPSA) is 67.9 Å². The summed E-state index contributed by atoms with van der Waals surface area (Å²) >= 11 is 6.21. The van der Waals surface area contributed by atoms with Crippen molar-refractivity contribution in [2.24, 2.45) is 5.92 Å². The largest absolute Gasteiger partial charge is 0.486 e. The van der Waals surface area contributed by atoms with E-state index in [1.807, 2.05) is 0 Å². The van der Waals surface area contributed by atoms with Crippen molar-refractivity contribution in [2.75, 3.05) is 39.4 Å². The second-order valence-electron chi connectivity index (χ2n) is 6.08. The van der Waals surface area contributed by atoms with Gasteiger partial charge in [0.15, 0.2) is 11.5 Å². The first-order valence-electron chi connectivity index (χ1n) is 8.32. The number of halogens is 2. The number of sulfonamides is 1. The third-order valence-corrected chi connectivity index (χ3v) is 6.83. The Morgan fingerprint density at radius 1 is 1.20 bits per heavy atom. The second kappa shape index (κ2) is 8.77. The van der Waals surface area contributed by atoms with Crippen molar-refractivity contribution in [1.82, 2.24) is 9.62 Å². The fourth-order valence-corrected chi connectivity index (χ4v) is 5.06. The normalized spacial score (nSPS) is 18.6. The van der Waals surface area contributed by atoms with Crippen molar-refractivity contribution in [3.05, 3.63) is 17.2 Å². The molecule has 0 radical (unpaired) electrons. The molecule has 1 aromatic carbocycles. The molecule has 0 saturated carbocycles. The predicted molar refractivity (Wildman–Crippen MR) is 99.7 cm³/mol. The average molecular weight is 411 g/mol. The Hall–Kier alpha value is -0.730. The Morgan fingerprint density at radius 3 is 2.40 bits per heavy atom. The molecule has 0 atom stereocenters. The lowest BCUT2D eigenvalue weighted by Gasteiger charge is -2.31. The molecule has 1 N–H and O–H groups in total. The lowest BCUT2D eigenvalue weighted by atomic mass is 9.98. The number of hydrogen-bond acceptors (Lipinski definition) is 5. The zero-order chi connectivity index (χ0) is 17.2. The monoisotopic (exact) mass is 410 g/mol. The molecule has 2 aliphatic heterocycles. The van der Waals surface area contributed by atoms with E-state index in [9.17, 15) is 8.42 Å². The van der Waals surface area contributed by atoms with Crippen LogP contribution >= 0.6 is 24.0 Å². The summed E-state index contributed by atoms with van der Waals surface area (Å²) in [6.07, 6.45) is 1.71. The molecule has 0 aromatic heterocycles. The molecule has 1 aromatic rings. The smallest absolute Gasteiger partial charge is 0.244 e. The predicted octanol–water partition coefficient (Wildman–Crippen LogP) is 2.54. The third-order valence-electron chi connectivity index (χ3n) is 4.47. The first kappa shape index (κ1) is 20.6. The fraction of sp³-hybridized carbons (Fsp3) is 0.625. The quantitative estimate of drug-likeness (QED) is 0.807. The van der Waals surface area contributed by atoms with Gasteiger partial charge in [0.25, 0.3) is 0 Å². The van der Waals surface area contributed by atoms with Gasteiger partial charge in [-0.3, -0.25) is 0 Å². The van der Waals surface area contributed by atoms with Crippen LogP contribution in [0.15, 0.2) is 17.0 Å². The maximum absolute atomic E-state index is 12.9. The molecule has 1 saturated heterocycles. The van der Waals surface area contributed by atoms with E-state index >= 15 is 0 Å². The third kappa shape index (κ3) is 4.52. The number of benzene rings is 1. The van der Waals surface area contributed by atoms with Crippen molar-refractivity contribution in [3.8, 4) is 11.5 Å². The van der Waals surface area contributed by atoms with E-state index in [4.69, 9.17) is 21.1 Å². The zero-order valence-electron chi connectivity index (χ0n) is 14.2. The lowest BCUT2D eigenvalue weighted by molar-refractivity contribution is 0.171. The van der Waals surface area contributed by atoms with E-state index in [0.29, 0.717) is 43.7 Å². The van der Waals surface area contributed by atoms with Gasteiger partial charge in [0.05, 0.1) is 5.02 Å². The number of hydrogen-bond donors (Lipinski definition) is 1. The molecular weight excluding hydrogens is 387 g/mol. The van der Waals surface area contributed by atoms with E-state index in [0.717, 1.165) is 25.9 Å². The van der Waals surface area contributed by atoms with E-state index < -0.39 is 10.0 Å². The van der Waals surface area contributed by atoms with Crippen LogP contribution in [0.1, 0.15) is 19.8 Å². The Kier molecular flexibility index (Phi) is 7.22. The minimum Gasteiger partial charge on any atom is -0.486 e. The van der Waals surface area contributed by atoms with Crippen LogP contribution in [0, 0.1) is 5.92 Å². The second-order valence-corrected chi connectivity index (χ2v) is 8.39. The molecule has 1 fully saturated rings. The summed E-state index contributed by atoms with van der Waals surface area (Å²) in [6.45, 7) is 5.83. The molecule has 0 bridgehead atoms. The van der Waals surface area contributed by atoms with Gasteiger partial charge in [-0.1, -0.05) is 18.5 Å². The van der Waals surface area contributed by atoms with Crippen LogP contribution in [0.25, 0.3) is 0 Å². The minimum atomic E-state index is -3.62. The molecule has 0 unspecified atom stereocenters. The van der Waals surface area contributed by atoms with Crippen LogP contribution in [-0.4, -0.2) is 52.1 Å². The first-order valence-corrected chi connectivity index (χ1v) is 10.1. The van der Waals surface area contributed by atoms with Crippen molar-refractivity contribution < 1.29 is 17.9 Å². The summed E-state index contributed by atoms with van der Waals surface area (Å²) in [7, 11) is -3.62. The highest BCUT2D eigenvalue weighted by Crippen LogP contribution is 2.38. The zero-order valence-corrected chi connectivity index (χ0v) is 16.6. The van der Waals surface area contributed by atoms with Crippen molar-refractivity contribution in [2.45, 2.75) is 24.7 Å². The molecule has 25 heavy (non-hydrogen) atoms. The summed E-state index contributed by atoms with van der Waals surface area (Å²) in [5.74, 6) is 1.45. The lowest BCUT2D eigenvalue weighted by Crippen LogP contribution is -2.40. The van der Waals surface area contributed by atoms with Gasteiger partial charge < -0.3 is 14.8 Å². The SMILES string of the molecule is CCNCC1CCN(S(=O)(=O)c2cc3c(cc2Cl)OCCO3)CC1.Cl. The highest BCUT2D eigenvalue weighted by molar-refractivity contribution is 7.89. The van der Waals surface area contributed by atoms with E-state index in [-0.39, 0.29) is 22.3 Å². The van der Waals surface area contributed by atoms with Gasteiger partial charge in [0.1, 0.15) is 18.1 Å². The van der Waals surface area contributed by atoms with Crippen molar-refractivity contribution in [1.29, 1.82) is 0 Å². The minimum absolute atomic E-state index is 0. The summed E-state index contributed by atoms with van der Waals surface area (Å²) < 4.78 is 38.3. The number of piperidine rings is 1. The molecule has 0 spiro atoms. The summed E-state index contributed by atoms with van der Waals surface area (Å²) in [5.41, 5.74) is 0. The molecule has 142 valence electrons. The van der Waals surface area contributed by atoms with Gasteiger partial charge in [-0.2, -0.15) is 4.31 Å². The van der Waals surface area contributed by atoms with E-state index in [1.165, 1.54) is 16.4 Å². The molecule has 2 aliphatic rings. The van der Waals surface area contributed by atoms with E-state index in [2.05, 4.69) is 12.2 Å². The molecule has 6 nitrogen and oxygen atoms in total. The van der Waals surface area contributed by atoms with Crippen LogP contribution in [-0.2, 0) is 10.0 Å². The Labute approximate surface area is 160 Å². The van der Waals surface area contributed by atoms with Crippen molar-refractivity contribution in [3.63, 3.8) is 0 Å². The highest BCUT2D eigenvalue weighted by atomic mass is 35.5. The van der Waals surface area contributed by atoms with Crippen LogP contribution in [0.3, 0.4) is 0 Å². The molecule has 0 aliphatic carbocycles. The van der Waals surface area contributed by atoms with Gasteiger partial charge in [-0.25, -0.2) is 8.42 Å². The fourth-order valence-electron chi connectivity index (χ4n) is 3.08. The number of rotatable bonds is 5. The van der Waals surface area contributed by atoms with Crippen LogP contribution in [0.4, 0.5) is 0 Å². The van der Waals surface area contributed by atoms with Crippen LogP contribution in [0.5, 0.6) is 11.5 Å². The molecular formula is C16H24Cl2N2O4S. The first-order chi connectivity index (χ1) is 11.5. The van der Waals surface area contributed by atoms with Gasteiger partial charge in [-0.05, 0) is 31.8 Å². The highest BCUT2D eigenvalue weighted by Gasteiger charge is 2.32. The average Bonchev–Trinajstić information content (AvgIpc) is 2.59. The van der Waals surface area contributed by atoms with Gasteiger partial charge >= 0.3 is 0 Å². The van der Waals surface area contributed by atoms with Crippen molar-refractivity contribution >= 4 is 34.0 Å². The molecule has 9 heteroatoms. The maximum atomic E-state index is 12.9. The molecule has 3 rings (SSSR count). The summed E-state index contributed by atoms with van der Waals surface area (Å²) in [6, 6.07) is 3.01. The summed E-state index contributed by atoms with van der Waals surface area (Å²) in [4.78, 5) is 0.0959. The Bertz CT molecular complexity index is 692. The number of nitrogens with one attached hydrogen (secondary N) is 1. The van der Waals surface area contributed by atoms with Crippen LogP contribution < -0.4 is 14.8 Å². The van der Waals surface area contributed by atoms with Gasteiger partial charge in [-0.15, -0.1) is 12.4 Å². The maximum Gasteiger partial charge on any atom is 0.244 e.